The van der Waals surface area contributed by atoms with Crippen LogP contribution in [0.15, 0.2) is 42.9 Å². The fourth-order valence-corrected chi connectivity index (χ4v) is 2.49. The van der Waals surface area contributed by atoms with Crippen LogP contribution in [0.5, 0.6) is 0 Å². The fourth-order valence-electron chi connectivity index (χ4n) is 2.49. The van der Waals surface area contributed by atoms with Crippen molar-refractivity contribution in [3.05, 3.63) is 54.1 Å². The van der Waals surface area contributed by atoms with Crippen molar-refractivity contribution in [3.63, 3.8) is 0 Å². The molecule has 3 rings (SSSR count). The standard InChI is InChI=1S/C15H20N4/c16-6-7-19-10-13(18-11-19)9-17-15-8-14(15)12-4-2-1-3-5-12/h1-5,10-11,14-15,17H,6-9,16H2. The summed E-state index contributed by atoms with van der Waals surface area (Å²) in [6.45, 7) is 2.33. The van der Waals surface area contributed by atoms with E-state index in [4.69, 9.17) is 5.73 Å². The molecular formula is C15H20N4. The molecule has 0 saturated heterocycles. The van der Waals surface area contributed by atoms with Gasteiger partial charge in [0.05, 0.1) is 12.0 Å². The second-order valence-corrected chi connectivity index (χ2v) is 5.13. The number of nitrogens with two attached hydrogens (primary N) is 1. The van der Waals surface area contributed by atoms with Crippen LogP contribution >= 0.6 is 0 Å². The van der Waals surface area contributed by atoms with Gasteiger partial charge < -0.3 is 15.6 Å². The molecule has 4 nitrogen and oxygen atoms in total. The van der Waals surface area contributed by atoms with Crippen molar-refractivity contribution in [1.29, 1.82) is 0 Å². The summed E-state index contributed by atoms with van der Waals surface area (Å²) >= 11 is 0. The van der Waals surface area contributed by atoms with E-state index in [1.54, 1.807) is 0 Å². The Bertz CT molecular complexity index is 520. The van der Waals surface area contributed by atoms with Crippen LogP contribution in [0.4, 0.5) is 0 Å². The van der Waals surface area contributed by atoms with Crippen molar-refractivity contribution >= 4 is 0 Å². The largest absolute Gasteiger partial charge is 0.336 e. The number of aromatic nitrogens is 2. The van der Waals surface area contributed by atoms with Gasteiger partial charge in [-0.05, 0) is 12.0 Å². The van der Waals surface area contributed by atoms with E-state index in [0.29, 0.717) is 18.5 Å². The molecule has 0 aliphatic heterocycles. The molecule has 0 bridgehead atoms. The molecule has 4 heteroatoms. The molecule has 100 valence electrons. The van der Waals surface area contributed by atoms with E-state index in [1.807, 2.05) is 10.9 Å². The van der Waals surface area contributed by atoms with E-state index in [1.165, 1.54) is 12.0 Å². The molecule has 2 aromatic rings. The predicted octanol–water partition coefficient (Wildman–Crippen LogP) is 1.49. The lowest BCUT2D eigenvalue weighted by Crippen LogP contribution is -2.17. The number of nitrogens with one attached hydrogen (secondary N) is 1. The molecule has 3 N–H and O–H groups in total. The molecule has 0 amide bonds. The van der Waals surface area contributed by atoms with Gasteiger partial charge in [0.15, 0.2) is 0 Å². The summed E-state index contributed by atoms with van der Waals surface area (Å²) in [5.41, 5.74) is 8.05. The first-order chi connectivity index (χ1) is 9.36. The van der Waals surface area contributed by atoms with Crippen LogP contribution in [0.25, 0.3) is 0 Å². The van der Waals surface area contributed by atoms with Crippen LogP contribution in [0.2, 0.25) is 0 Å². The van der Waals surface area contributed by atoms with E-state index >= 15 is 0 Å². The van der Waals surface area contributed by atoms with Crippen molar-refractivity contribution in [2.24, 2.45) is 5.73 Å². The monoisotopic (exact) mass is 256 g/mol. The molecule has 1 heterocycles. The summed E-state index contributed by atoms with van der Waals surface area (Å²) in [5, 5.41) is 3.57. The van der Waals surface area contributed by atoms with Crippen LogP contribution in [0.3, 0.4) is 0 Å². The number of rotatable bonds is 6. The van der Waals surface area contributed by atoms with Crippen LogP contribution in [0, 0.1) is 0 Å². The molecule has 19 heavy (non-hydrogen) atoms. The minimum Gasteiger partial charge on any atom is -0.336 e. The van der Waals surface area contributed by atoms with Crippen LogP contribution in [-0.2, 0) is 13.1 Å². The van der Waals surface area contributed by atoms with Crippen molar-refractivity contribution in [2.45, 2.75) is 31.5 Å². The predicted molar refractivity (Wildman–Crippen MR) is 75.7 cm³/mol. The molecule has 0 spiro atoms. The molecule has 2 unspecified atom stereocenters. The summed E-state index contributed by atoms with van der Waals surface area (Å²) in [6, 6.07) is 11.3. The normalized spacial score (nSPS) is 21.5. The third kappa shape index (κ3) is 3.03. The Morgan fingerprint density at radius 3 is 2.95 bits per heavy atom. The van der Waals surface area contributed by atoms with Crippen molar-refractivity contribution in [2.75, 3.05) is 6.54 Å². The highest BCUT2D eigenvalue weighted by atomic mass is 15.1. The molecule has 1 aromatic carbocycles. The smallest absolute Gasteiger partial charge is 0.0950 e. The highest BCUT2D eigenvalue weighted by Crippen LogP contribution is 2.40. The summed E-state index contributed by atoms with van der Waals surface area (Å²) in [4.78, 5) is 4.38. The average molecular weight is 256 g/mol. The van der Waals surface area contributed by atoms with Crippen LogP contribution in [-0.4, -0.2) is 22.1 Å². The Balaban J connectivity index is 1.49. The van der Waals surface area contributed by atoms with Crippen molar-refractivity contribution < 1.29 is 0 Å². The van der Waals surface area contributed by atoms with Crippen molar-refractivity contribution in [1.82, 2.24) is 14.9 Å². The van der Waals surface area contributed by atoms with Gasteiger partial charge in [-0.15, -0.1) is 0 Å². The first-order valence-corrected chi connectivity index (χ1v) is 6.86. The van der Waals surface area contributed by atoms with E-state index < -0.39 is 0 Å². The van der Waals surface area contributed by atoms with Gasteiger partial charge in [0.2, 0.25) is 0 Å². The highest BCUT2D eigenvalue weighted by molar-refractivity contribution is 5.27. The second-order valence-electron chi connectivity index (χ2n) is 5.13. The van der Waals surface area contributed by atoms with Crippen LogP contribution in [0.1, 0.15) is 23.6 Å². The van der Waals surface area contributed by atoms with E-state index in [0.717, 1.165) is 18.8 Å². The minimum atomic E-state index is 0.599. The SMILES string of the molecule is NCCn1cnc(CNC2CC2c2ccccc2)c1. The maximum Gasteiger partial charge on any atom is 0.0950 e. The van der Waals surface area contributed by atoms with Gasteiger partial charge in [-0.25, -0.2) is 4.98 Å². The molecule has 2 atom stereocenters. The third-order valence-corrected chi connectivity index (χ3v) is 3.64. The molecule has 1 saturated carbocycles. The lowest BCUT2D eigenvalue weighted by atomic mass is 10.1. The van der Waals surface area contributed by atoms with Gasteiger partial charge in [0.25, 0.3) is 0 Å². The summed E-state index contributed by atoms with van der Waals surface area (Å²) < 4.78 is 2.04. The van der Waals surface area contributed by atoms with Gasteiger partial charge >= 0.3 is 0 Å². The molecule has 0 radical (unpaired) electrons. The number of imidazole rings is 1. The molecule has 1 fully saturated rings. The first kappa shape index (κ1) is 12.4. The average Bonchev–Trinajstić information content (AvgIpc) is 3.10. The van der Waals surface area contributed by atoms with E-state index in [2.05, 4.69) is 46.8 Å². The summed E-state index contributed by atoms with van der Waals surface area (Å²) in [6.07, 6.45) is 5.15. The Kier molecular flexibility index (Phi) is 3.62. The molecule has 1 aliphatic carbocycles. The lowest BCUT2D eigenvalue weighted by molar-refractivity contribution is 0.660. The third-order valence-electron chi connectivity index (χ3n) is 3.64. The number of hydrogen-bond acceptors (Lipinski definition) is 3. The quantitative estimate of drug-likeness (QED) is 0.823. The van der Waals surface area contributed by atoms with Gasteiger partial charge in [-0.1, -0.05) is 30.3 Å². The Morgan fingerprint density at radius 1 is 1.32 bits per heavy atom. The van der Waals surface area contributed by atoms with Gasteiger partial charge in [-0.3, -0.25) is 0 Å². The number of nitrogens with zero attached hydrogens (tertiary/aromatic N) is 2. The van der Waals surface area contributed by atoms with Gasteiger partial charge in [0.1, 0.15) is 0 Å². The van der Waals surface area contributed by atoms with Gasteiger partial charge in [0, 0.05) is 37.8 Å². The number of benzene rings is 1. The summed E-state index contributed by atoms with van der Waals surface area (Å²) in [7, 11) is 0. The Hall–Kier alpha value is -1.65. The van der Waals surface area contributed by atoms with Crippen LogP contribution < -0.4 is 11.1 Å². The zero-order valence-electron chi connectivity index (χ0n) is 11.0. The van der Waals surface area contributed by atoms with E-state index in [9.17, 15) is 0 Å². The highest BCUT2D eigenvalue weighted by Gasteiger charge is 2.37. The zero-order valence-corrected chi connectivity index (χ0v) is 11.0. The zero-order chi connectivity index (χ0) is 13.1. The molecule has 1 aromatic heterocycles. The maximum atomic E-state index is 5.52. The topological polar surface area (TPSA) is 55.9 Å². The Labute approximate surface area is 113 Å². The first-order valence-electron chi connectivity index (χ1n) is 6.86. The van der Waals surface area contributed by atoms with E-state index in [-0.39, 0.29) is 0 Å². The van der Waals surface area contributed by atoms with Crippen molar-refractivity contribution in [3.8, 4) is 0 Å². The fraction of sp³-hybridized carbons (Fsp3) is 0.400. The Morgan fingerprint density at radius 2 is 2.16 bits per heavy atom. The lowest BCUT2D eigenvalue weighted by Gasteiger charge is -2.02. The summed E-state index contributed by atoms with van der Waals surface area (Å²) in [5.74, 6) is 0.673. The number of hydrogen-bond donors (Lipinski definition) is 2. The minimum absolute atomic E-state index is 0.599. The molecular weight excluding hydrogens is 236 g/mol. The second kappa shape index (κ2) is 5.55. The maximum absolute atomic E-state index is 5.52. The van der Waals surface area contributed by atoms with Gasteiger partial charge in [-0.2, -0.15) is 0 Å². The molecule has 1 aliphatic rings.